The third-order valence-electron chi connectivity index (χ3n) is 3.21. The molecule has 0 radical (unpaired) electrons. The second kappa shape index (κ2) is 5.75. The number of nitrogens with one attached hydrogen (secondary N) is 1. The number of benzene rings is 2. The Balaban J connectivity index is 2.28. The molecule has 0 aliphatic rings. The first-order valence-electron chi connectivity index (χ1n) is 6.50. The summed E-state index contributed by atoms with van der Waals surface area (Å²) in [6.07, 6.45) is 0. The first-order chi connectivity index (χ1) is 9.90. The molecule has 0 spiro atoms. The van der Waals surface area contributed by atoms with Crippen molar-refractivity contribution < 1.29 is 15.0 Å². The Labute approximate surface area is 123 Å². The number of carbonyl (C=O) groups excluding carboxylic acids is 1. The van der Waals surface area contributed by atoms with Crippen molar-refractivity contribution in [3.05, 3.63) is 47.5 Å². The van der Waals surface area contributed by atoms with E-state index in [1.807, 2.05) is 38.1 Å². The molecule has 5 heteroatoms. The maximum atomic E-state index is 12.2. The van der Waals surface area contributed by atoms with Gasteiger partial charge in [-0.1, -0.05) is 12.1 Å². The molecule has 2 aromatic rings. The molecular formula is C16H18N2O3. The van der Waals surface area contributed by atoms with E-state index >= 15 is 0 Å². The van der Waals surface area contributed by atoms with E-state index in [1.54, 1.807) is 6.07 Å². The summed E-state index contributed by atoms with van der Waals surface area (Å²) in [6.45, 7) is 1.99. The molecule has 0 aromatic heterocycles. The van der Waals surface area contributed by atoms with Gasteiger partial charge in [0.05, 0.1) is 5.56 Å². The van der Waals surface area contributed by atoms with Crippen molar-refractivity contribution in [2.45, 2.75) is 6.92 Å². The number of anilines is 2. The highest BCUT2D eigenvalue weighted by atomic mass is 16.3. The molecule has 0 saturated carbocycles. The molecule has 0 aliphatic carbocycles. The van der Waals surface area contributed by atoms with E-state index in [9.17, 15) is 15.0 Å². The van der Waals surface area contributed by atoms with Gasteiger partial charge in [-0.05, 0) is 36.8 Å². The number of nitrogens with zero attached hydrogens (tertiary/aromatic N) is 1. The van der Waals surface area contributed by atoms with Crippen LogP contribution < -0.4 is 10.2 Å². The van der Waals surface area contributed by atoms with Gasteiger partial charge in [-0.2, -0.15) is 0 Å². The number of aromatic hydroxyl groups is 2. The molecular weight excluding hydrogens is 268 g/mol. The summed E-state index contributed by atoms with van der Waals surface area (Å²) in [5, 5.41) is 21.9. The number of hydrogen-bond donors (Lipinski definition) is 3. The van der Waals surface area contributed by atoms with Crippen LogP contribution in [0.25, 0.3) is 0 Å². The van der Waals surface area contributed by atoms with Crippen LogP contribution in [0.4, 0.5) is 11.4 Å². The summed E-state index contributed by atoms with van der Waals surface area (Å²) in [5.74, 6) is -1.22. The van der Waals surface area contributed by atoms with E-state index in [2.05, 4.69) is 5.32 Å². The van der Waals surface area contributed by atoms with Gasteiger partial charge in [0, 0.05) is 25.5 Å². The fraction of sp³-hybridized carbons (Fsp3) is 0.188. The molecule has 0 fully saturated rings. The molecule has 0 aliphatic heterocycles. The topological polar surface area (TPSA) is 72.8 Å². The van der Waals surface area contributed by atoms with E-state index in [0.717, 1.165) is 11.3 Å². The average molecular weight is 286 g/mol. The lowest BCUT2D eigenvalue weighted by Gasteiger charge is -2.17. The molecule has 2 rings (SSSR count). The fourth-order valence-corrected chi connectivity index (χ4v) is 2.08. The Morgan fingerprint density at radius 2 is 1.86 bits per heavy atom. The van der Waals surface area contributed by atoms with Crippen LogP contribution in [0.2, 0.25) is 0 Å². The number of phenols is 2. The Kier molecular flexibility index (Phi) is 4.03. The van der Waals surface area contributed by atoms with Gasteiger partial charge in [0.15, 0.2) is 11.5 Å². The van der Waals surface area contributed by atoms with Crippen molar-refractivity contribution in [2.75, 3.05) is 24.3 Å². The number of para-hydroxylation sites is 1. The highest BCUT2D eigenvalue weighted by Crippen LogP contribution is 2.29. The summed E-state index contributed by atoms with van der Waals surface area (Å²) in [7, 11) is 3.85. The zero-order valence-electron chi connectivity index (χ0n) is 12.2. The molecule has 110 valence electrons. The molecule has 21 heavy (non-hydrogen) atoms. The predicted molar refractivity (Wildman–Crippen MR) is 83.2 cm³/mol. The van der Waals surface area contributed by atoms with Gasteiger partial charge in [0.2, 0.25) is 0 Å². The lowest BCUT2D eigenvalue weighted by atomic mass is 10.1. The first-order valence-corrected chi connectivity index (χ1v) is 6.50. The normalized spacial score (nSPS) is 10.2. The van der Waals surface area contributed by atoms with E-state index < -0.39 is 11.7 Å². The van der Waals surface area contributed by atoms with E-state index in [4.69, 9.17) is 0 Å². The first kappa shape index (κ1) is 14.7. The number of carbonyl (C=O) groups is 1. The minimum absolute atomic E-state index is 0.0296. The van der Waals surface area contributed by atoms with Crippen molar-refractivity contribution in [3.8, 4) is 11.5 Å². The van der Waals surface area contributed by atoms with Crippen molar-refractivity contribution >= 4 is 17.3 Å². The van der Waals surface area contributed by atoms with E-state index in [0.29, 0.717) is 5.69 Å². The highest BCUT2D eigenvalue weighted by Gasteiger charge is 2.14. The minimum Gasteiger partial charge on any atom is -0.504 e. The van der Waals surface area contributed by atoms with Crippen LogP contribution in [0, 0.1) is 6.92 Å². The molecule has 3 N–H and O–H groups in total. The van der Waals surface area contributed by atoms with Crippen molar-refractivity contribution in [1.29, 1.82) is 0 Å². The van der Waals surface area contributed by atoms with Gasteiger partial charge in [-0.3, -0.25) is 4.79 Å². The number of hydrogen-bond acceptors (Lipinski definition) is 4. The van der Waals surface area contributed by atoms with Gasteiger partial charge in [-0.15, -0.1) is 0 Å². The highest BCUT2D eigenvalue weighted by molar-refractivity contribution is 6.06. The lowest BCUT2D eigenvalue weighted by Crippen LogP contribution is -2.14. The maximum absolute atomic E-state index is 12.2. The van der Waals surface area contributed by atoms with E-state index in [1.165, 1.54) is 18.2 Å². The average Bonchev–Trinajstić information content (AvgIpc) is 2.43. The number of phenolic OH excluding ortho intramolecular Hbond substituents is 2. The van der Waals surface area contributed by atoms with Crippen molar-refractivity contribution in [3.63, 3.8) is 0 Å². The molecule has 0 bridgehead atoms. The van der Waals surface area contributed by atoms with Crippen LogP contribution in [0.15, 0.2) is 36.4 Å². The Morgan fingerprint density at radius 3 is 2.52 bits per heavy atom. The van der Waals surface area contributed by atoms with Crippen LogP contribution in [0.5, 0.6) is 11.5 Å². The molecule has 2 aromatic carbocycles. The van der Waals surface area contributed by atoms with Crippen LogP contribution in [-0.2, 0) is 0 Å². The van der Waals surface area contributed by atoms with Crippen molar-refractivity contribution in [2.24, 2.45) is 0 Å². The maximum Gasteiger partial charge on any atom is 0.259 e. The van der Waals surface area contributed by atoms with E-state index in [-0.39, 0.29) is 11.3 Å². The molecule has 0 atom stereocenters. The monoisotopic (exact) mass is 286 g/mol. The van der Waals surface area contributed by atoms with Crippen LogP contribution >= 0.6 is 0 Å². The summed E-state index contributed by atoms with van der Waals surface area (Å²) in [6, 6.07) is 9.83. The number of rotatable bonds is 3. The summed E-state index contributed by atoms with van der Waals surface area (Å²) >= 11 is 0. The Hall–Kier alpha value is -2.69. The molecule has 0 unspecified atom stereocenters. The molecule has 0 heterocycles. The number of aryl methyl sites for hydroxylation is 1. The molecule has 1 amide bonds. The molecule has 5 nitrogen and oxygen atoms in total. The zero-order valence-corrected chi connectivity index (χ0v) is 12.2. The quantitative estimate of drug-likeness (QED) is 0.759. The van der Waals surface area contributed by atoms with Crippen molar-refractivity contribution in [1.82, 2.24) is 0 Å². The standard InChI is InChI=1S/C16H18N2O3/c1-10-7-8-11(9-13(10)18(2)3)17-16(21)12-5-4-6-14(19)15(12)20/h4-9,19-20H,1-3H3,(H,17,21). The zero-order chi connectivity index (χ0) is 15.6. The second-order valence-electron chi connectivity index (χ2n) is 5.02. The van der Waals surface area contributed by atoms with Gasteiger partial charge in [0.25, 0.3) is 5.91 Å². The minimum atomic E-state index is -0.475. The summed E-state index contributed by atoms with van der Waals surface area (Å²) in [4.78, 5) is 14.1. The largest absolute Gasteiger partial charge is 0.504 e. The van der Waals surface area contributed by atoms with Gasteiger partial charge in [0.1, 0.15) is 0 Å². The van der Waals surface area contributed by atoms with Crippen LogP contribution in [-0.4, -0.2) is 30.2 Å². The smallest absolute Gasteiger partial charge is 0.259 e. The lowest BCUT2D eigenvalue weighted by molar-refractivity contribution is 0.102. The van der Waals surface area contributed by atoms with Gasteiger partial charge < -0.3 is 20.4 Å². The van der Waals surface area contributed by atoms with Crippen LogP contribution in [0.3, 0.4) is 0 Å². The Bertz CT molecular complexity index is 681. The number of amides is 1. The second-order valence-corrected chi connectivity index (χ2v) is 5.02. The molecule has 0 saturated heterocycles. The SMILES string of the molecule is Cc1ccc(NC(=O)c2cccc(O)c2O)cc1N(C)C. The third-order valence-corrected chi connectivity index (χ3v) is 3.21. The predicted octanol–water partition coefficient (Wildman–Crippen LogP) is 2.72. The summed E-state index contributed by atoms with van der Waals surface area (Å²) < 4.78 is 0. The fourth-order valence-electron chi connectivity index (χ4n) is 2.08. The Morgan fingerprint density at radius 1 is 1.14 bits per heavy atom. The van der Waals surface area contributed by atoms with Crippen LogP contribution in [0.1, 0.15) is 15.9 Å². The summed E-state index contributed by atoms with van der Waals surface area (Å²) in [5.41, 5.74) is 2.74. The van der Waals surface area contributed by atoms with Gasteiger partial charge >= 0.3 is 0 Å². The third kappa shape index (κ3) is 3.08. The van der Waals surface area contributed by atoms with Gasteiger partial charge in [-0.25, -0.2) is 0 Å².